The number of likely N-dealkylation sites (tertiary alicyclic amines) is 1. The average Bonchev–Trinajstić information content (AvgIpc) is 3.08. The van der Waals surface area contributed by atoms with Crippen LogP contribution in [0.4, 0.5) is 17.6 Å². The number of carbonyl (C=O) groups is 2. The van der Waals surface area contributed by atoms with Gasteiger partial charge in [-0.25, -0.2) is 4.39 Å². The van der Waals surface area contributed by atoms with E-state index in [0.717, 1.165) is 11.3 Å². The van der Waals surface area contributed by atoms with Gasteiger partial charge in [-0.05, 0) is 37.0 Å². The SMILES string of the molecule is O=C(N1CCC(C(=O)O)(C(F)(F)F)C1)C1(c2cccc(F)c2)CCCCC1. The molecule has 0 radical (unpaired) electrons. The van der Waals surface area contributed by atoms with Crippen LogP contribution in [0.1, 0.15) is 44.1 Å². The number of amides is 1. The second kappa shape index (κ2) is 6.80. The standard InChI is InChI=1S/C19H21F4NO3/c20-14-6-4-5-13(11-14)17(7-2-1-3-8-17)15(25)24-10-9-18(12-24,16(26)27)19(21,22)23/h4-6,11H,1-3,7-10,12H2,(H,26,27). The molecule has 1 aromatic rings. The van der Waals surface area contributed by atoms with Crippen molar-refractivity contribution in [3.05, 3.63) is 35.6 Å². The minimum absolute atomic E-state index is 0.276. The molecule has 1 N–H and O–H groups in total. The Bertz CT molecular complexity index is 743. The van der Waals surface area contributed by atoms with E-state index in [-0.39, 0.29) is 6.54 Å². The summed E-state index contributed by atoms with van der Waals surface area (Å²) in [6.45, 7) is -1.18. The molecule has 0 spiro atoms. The number of hydrogen-bond acceptors (Lipinski definition) is 2. The Hall–Kier alpha value is -2.12. The van der Waals surface area contributed by atoms with E-state index in [1.54, 1.807) is 6.07 Å². The van der Waals surface area contributed by atoms with Gasteiger partial charge in [-0.2, -0.15) is 13.2 Å². The zero-order chi connectivity index (χ0) is 19.9. The number of carboxylic acid groups (broad SMARTS) is 1. The van der Waals surface area contributed by atoms with E-state index in [2.05, 4.69) is 0 Å². The van der Waals surface area contributed by atoms with Crippen LogP contribution in [0.15, 0.2) is 24.3 Å². The molecule has 1 amide bonds. The number of carbonyl (C=O) groups excluding carboxylic acids is 1. The lowest BCUT2D eigenvalue weighted by Crippen LogP contribution is -2.51. The first-order chi connectivity index (χ1) is 12.6. The van der Waals surface area contributed by atoms with Gasteiger partial charge >= 0.3 is 12.1 Å². The lowest BCUT2D eigenvalue weighted by molar-refractivity contribution is -0.227. The van der Waals surface area contributed by atoms with Crippen molar-refractivity contribution < 1.29 is 32.3 Å². The molecule has 3 rings (SSSR count). The number of carboxylic acids is 1. The van der Waals surface area contributed by atoms with Crippen LogP contribution in [0, 0.1) is 11.2 Å². The van der Waals surface area contributed by atoms with Gasteiger partial charge in [0.2, 0.25) is 5.91 Å². The van der Waals surface area contributed by atoms with Crippen molar-refractivity contribution in [2.75, 3.05) is 13.1 Å². The topological polar surface area (TPSA) is 57.6 Å². The highest BCUT2D eigenvalue weighted by atomic mass is 19.4. The summed E-state index contributed by atoms with van der Waals surface area (Å²) >= 11 is 0. The molecule has 1 atom stereocenters. The van der Waals surface area contributed by atoms with E-state index in [1.807, 2.05) is 0 Å². The largest absolute Gasteiger partial charge is 0.481 e. The second-order valence-corrected chi connectivity index (χ2v) is 7.51. The molecule has 1 heterocycles. The molecule has 0 aromatic heterocycles. The van der Waals surface area contributed by atoms with Gasteiger partial charge in [0.15, 0.2) is 5.41 Å². The number of nitrogens with zero attached hydrogens (tertiary/aromatic N) is 1. The number of benzene rings is 1. The summed E-state index contributed by atoms with van der Waals surface area (Å²) in [7, 11) is 0. The third-order valence-electron chi connectivity index (χ3n) is 6.00. The van der Waals surface area contributed by atoms with Crippen molar-refractivity contribution in [1.29, 1.82) is 0 Å². The molecular formula is C19H21F4NO3. The number of hydrogen-bond donors (Lipinski definition) is 1. The number of aliphatic carboxylic acids is 1. The molecule has 1 saturated heterocycles. The molecule has 2 fully saturated rings. The molecule has 1 aliphatic heterocycles. The predicted octanol–water partition coefficient (Wildman–Crippen LogP) is 3.89. The summed E-state index contributed by atoms with van der Waals surface area (Å²) in [4.78, 5) is 25.7. The van der Waals surface area contributed by atoms with Crippen molar-refractivity contribution in [3.63, 3.8) is 0 Å². The molecule has 0 bridgehead atoms. The third-order valence-corrected chi connectivity index (χ3v) is 6.00. The summed E-state index contributed by atoms with van der Waals surface area (Å²) in [6.07, 6.45) is -2.48. The Morgan fingerprint density at radius 2 is 1.74 bits per heavy atom. The minimum atomic E-state index is -4.95. The fraction of sp³-hybridized carbons (Fsp3) is 0.579. The highest BCUT2D eigenvalue weighted by Gasteiger charge is 2.65. The Labute approximate surface area is 154 Å². The number of rotatable bonds is 3. The fourth-order valence-electron chi connectivity index (χ4n) is 4.38. The van der Waals surface area contributed by atoms with Crippen molar-refractivity contribution in [3.8, 4) is 0 Å². The molecule has 1 aliphatic carbocycles. The smallest absolute Gasteiger partial charge is 0.406 e. The van der Waals surface area contributed by atoms with Gasteiger partial charge in [0, 0.05) is 13.1 Å². The van der Waals surface area contributed by atoms with E-state index >= 15 is 0 Å². The van der Waals surface area contributed by atoms with Crippen molar-refractivity contribution in [2.24, 2.45) is 5.41 Å². The van der Waals surface area contributed by atoms with Gasteiger partial charge < -0.3 is 10.0 Å². The van der Waals surface area contributed by atoms with E-state index in [9.17, 15) is 32.3 Å². The van der Waals surface area contributed by atoms with Gasteiger partial charge in [0.25, 0.3) is 0 Å². The van der Waals surface area contributed by atoms with Crippen molar-refractivity contribution in [1.82, 2.24) is 4.90 Å². The maximum atomic E-state index is 13.8. The Balaban J connectivity index is 1.96. The van der Waals surface area contributed by atoms with E-state index in [1.165, 1.54) is 18.2 Å². The van der Waals surface area contributed by atoms with Crippen LogP contribution in [0.25, 0.3) is 0 Å². The number of halogens is 4. The summed E-state index contributed by atoms with van der Waals surface area (Å²) < 4.78 is 54.1. The van der Waals surface area contributed by atoms with E-state index < -0.39 is 47.7 Å². The van der Waals surface area contributed by atoms with Crippen LogP contribution in [0.2, 0.25) is 0 Å². The molecule has 1 aromatic carbocycles. The summed E-state index contributed by atoms with van der Waals surface area (Å²) in [5.41, 5.74) is -3.59. The zero-order valence-electron chi connectivity index (χ0n) is 14.7. The van der Waals surface area contributed by atoms with Crippen molar-refractivity contribution >= 4 is 11.9 Å². The average molecular weight is 387 g/mol. The Morgan fingerprint density at radius 1 is 1.07 bits per heavy atom. The van der Waals surface area contributed by atoms with Gasteiger partial charge in [0.05, 0.1) is 5.41 Å². The number of alkyl halides is 3. The fourth-order valence-corrected chi connectivity index (χ4v) is 4.38. The lowest BCUT2D eigenvalue weighted by Gasteiger charge is -2.39. The van der Waals surface area contributed by atoms with Crippen LogP contribution in [0.3, 0.4) is 0 Å². The molecule has 2 aliphatic rings. The first-order valence-corrected chi connectivity index (χ1v) is 8.98. The molecule has 1 unspecified atom stereocenters. The minimum Gasteiger partial charge on any atom is -0.481 e. The van der Waals surface area contributed by atoms with Gasteiger partial charge in [0.1, 0.15) is 5.82 Å². The lowest BCUT2D eigenvalue weighted by atomic mass is 9.68. The summed E-state index contributed by atoms with van der Waals surface area (Å²) in [6, 6.07) is 5.61. The van der Waals surface area contributed by atoms with Crippen LogP contribution in [0.5, 0.6) is 0 Å². The maximum Gasteiger partial charge on any atom is 0.406 e. The Kier molecular flexibility index (Phi) is 4.94. The highest BCUT2D eigenvalue weighted by molar-refractivity contribution is 5.90. The normalized spacial score (nSPS) is 25.4. The monoisotopic (exact) mass is 387 g/mol. The first-order valence-electron chi connectivity index (χ1n) is 8.98. The Morgan fingerprint density at radius 3 is 2.26 bits per heavy atom. The molecule has 148 valence electrons. The van der Waals surface area contributed by atoms with Crippen molar-refractivity contribution in [2.45, 2.75) is 50.1 Å². The molecule has 1 saturated carbocycles. The second-order valence-electron chi connectivity index (χ2n) is 7.51. The summed E-state index contributed by atoms with van der Waals surface area (Å²) in [5, 5.41) is 9.22. The quantitative estimate of drug-likeness (QED) is 0.801. The molecule has 27 heavy (non-hydrogen) atoms. The van der Waals surface area contributed by atoms with Gasteiger partial charge in [-0.15, -0.1) is 0 Å². The van der Waals surface area contributed by atoms with E-state index in [0.29, 0.717) is 31.2 Å². The van der Waals surface area contributed by atoms with Crippen LogP contribution in [-0.2, 0) is 15.0 Å². The molecule has 4 nitrogen and oxygen atoms in total. The zero-order valence-corrected chi connectivity index (χ0v) is 14.7. The van der Waals surface area contributed by atoms with Crippen LogP contribution < -0.4 is 0 Å². The van der Waals surface area contributed by atoms with E-state index in [4.69, 9.17) is 0 Å². The first kappa shape index (κ1) is 19.6. The van der Waals surface area contributed by atoms with Gasteiger partial charge in [-0.1, -0.05) is 31.4 Å². The molecule has 8 heteroatoms. The molecular weight excluding hydrogens is 366 g/mol. The summed E-state index contributed by atoms with van der Waals surface area (Å²) in [5.74, 6) is -3.00. The van der Waals surface area contributed by atoms with Crippen LogP contribution in [-0.4, -0.2) is 41.1 Å². The van der Waals surface area contributed by atoms with Crippen LogP contribution >= 0.6 is 0 Å². The van der Waals surface area contributed by atoms with Gasteiger partial charge in [-0.3, -0.25) is 9.59 Å². The predicted molar refractivity (Wildman–Crippen MR) is 88.5 cm³/mol. The maximum absolute atomic E-state index is 13.8. The highest BCUT2D eigenvalue weighted by Crippen LogP contribution is 2.48. The third kappa shape index (κ3) is 3.19.